The molecule has 1 heterocycles. The van der Waals surface area contributed by atoms with E-state index < -0.39 is 36.6 Å². The number of nitrogens with zero attached hydrogens (tertiary/aromatic N) is 1. The maximum Gasteiger partial charge on any atom is 0.260 e. The van der Waals surface area contributed by atoms with Gasteiger partial charge in [-0.25, -0.2) is 0 Å². The van der Waals surface area contributed by atoms with E-state index in [1.54, 1.807) is 0 Å². The molecule has 1 radical (unpaired) electrons. The third-order valence-corrected chi connectivity index (χ3v) is 1.84. The van der Waals surface area contributed by atoms with Gasteiger partial charge in [-0.1, -0.05) is 0 Å². The first-order valence-electron chi connectivity index (χ1n) is 3.83. The van der Waals surface area contributed by atoms with Crippen molar-refractivity contribution >= 4 is 6.41 Å². The van der Waals surface area contributed by atoms with Crippen LogP contribution in [0.15, 0.2) is 11.6 Å². The quantitative estimate of drug-likeness (QED) is 0.463. The summed E-state index contributed by atoms with van der Waals surface area (Å²) in [7, 11) is 0. The van der Waals surface area contributed by atoms with Crippen molar-refractivity contribution < 1.29 is 62.7 Å². The number of carbonyl (C=O) groups is 1. The van der Waals surface area contributed by atoms with Gasteiger partial charge in [-0.05, 0) is 5.70 Å². The van der Waals surface area contributed by atoms with Gasteiger partial charge in [-0.15, -0.1) is 0 Å². The number of amides is 1. The Kier molecular flexibility index (Phi) is 6.30. The van der Waals surface area contributed by atoms with E-state index in [4.69, 9.17) is 10.2 Å². The summed E-state index contributed by atoms with van der Waals surface area (Å²) in [5.74, 6) is -0.769. The van der Waals surface area contributed by atoms with Crippen molar-refractivity contribution in [2.75, 3.05) is 6.61 Å². The third kappa shape index (κ3) is 3.12. The predicted octanol–water partition coefficient (Wildman–Crippen LogP) is -1.65. The summed E-state index contributed by atoms with van der Waals surface area (Å²) >= 11 is 0. The van der Waals surface area contributed by atoms with Crippen LogP contribution in [0.3, 0.4) is 0 Å². The molecular formula is C7H10NO6Y-. The van der Waals surface area contributed by atoms with Gasteiger partial charge in [0.2, 0.25) is 0 Å². The Morgan fingerprint density at radius 1 is 1.47 bits per heavy atom. The molecule has 0 aromatic carbocycles. The molecule has 7 nitrogen and oxygen atoms in total. The predicted molar refractivity (Wildman–Crippen MR) is 43.1 cm³/mol. The van der Waals surface area contributed by atoms with Gasteiger partial charge < -0.3 is 35.3 Å². The Labute approximate surface area is 111 Å². The first-order valence-corrected chi connectivity index (χ1v) is 3.83. The normalized spacial score (nSPS) is 30.2. The van der Waals surface area contributed by atoms with E-state index in [1.165, 1.54) is 0 Å². The van der Waals surface area contributed by atoms with Crippen LogP contribution in [0.25, 0.3) is 5.32 Å². The fourth-order valence-corrected chi connectivity index (χ4v) is 1.10. The minimum Gasteiger partial charge on any atom is -0.625 e. The van der Waals surface area contributed by atoms with Crippen LogP contribution in [0.4, 0.5) is 0 Å². The van der Waals surface area contributed by atoms with E-state index >= 15 is 0 Å². The number of ether oxygens (including phenoxy) is 1. The van der Waals surface area contributed by atoms with Gasteiger partial charge in [0.05, 0.1) is 12.7 Å². The Bertz CT molecular complexity index is 258. The largest absolute Gasteiger partial charge is 0.625 e. The first kappa shape index (κ1) is 14.8. The SMILES string of the molecule is O=C[N-]C1=C(O)O[C@H](CO)[C@H](O)[C@@H]1O.[Y]. The van der Waals surface area contributed by atoms with E-state index in [2.05, 4.69) is 10.1 Å². The van der Waals surface area contributed by atoms with Crippen molar-refractivity contribution in [1.29, 1.82) is 0 Å². The first-order chi connectivity index (χ1) is 6.61. The molecule has 0 aliphatic carbocycles. The number of rotatable bonds is 3. The molecule has 83 valence electrons. The van der Waals surface area contributed by atoms with Gasteiger partial charge >= 0.3 is 0 Å². The van der Waals surface area contributed by atoms with Crippen molar-refractivity contribution in [2.24, 2.45) is 0 Å². The third-order valence-electron chi connectivity index (χ3n) is 1.84. The van der Waals surface area contributed by atoms with Gasteiger partial charge in [-0.2, -0.15) is 0 Å². The van der Waals surface area contributed by atoms with Crippen LogP contribution in [-0.2, 0) is 42.2 Å². The van der Waals surface area contributed by atoms with Gasteiger partial charge in [0.15, 0.2) is 6.10 Å². The zero-order valence-corrected chi connectivity index (χ0v) is 10.5. The standard InChI is InChI=1S/C7H11NO6.Y/c9-1-3-5(11)6(12)4(8-2-10)7(13)14-3;/h2-3,5-6,9,11-12H,1H2,(H2,8,10,13);/p-1/t3-,5+,6-;/m1./s1. The van der Waals surface area contributed by atoms with E-state index in [9.17, 15) is 15.0 Å². The minimum absolute atomic E-state index is 0. The second kappa shape index (κ2) is 6.39. The maximum absolute atomic E-state index is 10.0. The number of hydrogen-bond acceptors (Lipinski definition) is 6. The number of aliphatic hydroxyl groups is 4. The maximum atomic E-state index is 10.0. The summed E-state index contributed by atoms with van der Waals surface area (Å²) < 4.78 is 4.61. The molecule has 3 atom stereocenters. The molecular weight excluding hydrogens is 283 g/mol. The molecule has 0 aromatic rings. The second-order valence-corrected chi connectivity index (χ2v) is 2.70. The summed E-state index contributed by atoms with van der Waals surface area (Å²) in [6, 6.07) is 0. The minimum atomic E-state index is -1.55. The zero-order valence-electron chi connectivity index (χ0n) is 7.65. The topological polar surface area (TPSA) is 121 Å². The van der Waals surface area contributed by atoms with Crippen LogP contribution in [-0.4, -0.2) is 51.8 Å². The van der Waals surface area contributed by atoms with Crippen molar-refractivity contribution in [3.05, 3.63) is 17.0 Å². The van der Waals surface area contributed by atoms with Crippen LogP contribution in [0.5, 0.6) is 0 Å². The van der Waals surface area contributed by atoms with E-state index in [1.807, 2.05) is 0 Å². The molecule has 1 amide bonds. The Balaban J connectivity index is 0.00000196. The molecule has 4 N–H and O–H groups in total. The molecule has 1 aliphatic rings. The van der Waals surface area contributed by atoms with Crippen LogP contribution in [0.2, 0.25) is 0 Å². The fraction of sp³-hybridized carbons (Fsp3) is 0.571. The van der Waals surface area contributed by atoms with Gasteiger partial charge in [0, 0.05) is 39.1 Å². The average molecular weight is 293 g/mol. The molecule has 1 rings (SSSR count). The van der Waals surface area contributed by atoms with Crippen LogP contribution in [0.1, 0.15) is 0 Å². The monoisotopic (exact) mass is 293 g/mol. The average Bonchev–Trinajstić information content (AvgIpc) is 2.18. The van der Waals surface area contributed by atoms with E-state index in [-0.39, 0.29) is 39.1 Å². The molecule has 0 bridgehead atoms. The number of hydrogen-bond donors (Lipinski definition) is 4. The van der Waals surface area contributed by atoms with Gasteiger partial charge in [-0.3, -0.25) is 0 Å². The molecule has 0 saturated heterocycles. The summed E-state index contributed by atoms with van der Waals surface area (Å²) in [6.45, 7) is -0.573. The van der Waals surface area contributed by atoms with E-state index in [0.29, 0.717) is 0 Å². The molecule has 8 heteroatoms. The number of carbonyl (C=O) groups excluding carboxylic acids is 1. The molecule has 0 saturated carbocycles. The fourth-order valence-electron chi connectivity index (χ4n) is 1.10. The smallest absolute Gasteiger partial charge is 0.260 e. The summed E-state index contributed by atoms with van der Waals surface area (Å²) in [6.07, 6.45) is -4.01. The Morgan fingerprint density at radius 2 is 2.07 bits per heavy atom. The Morgan fingerprint density at radius 3 is 2.53 bits per heavy atom. The summed E-state index contributed by atoms with van der Waals surface area (Å²) in [5.41, 5.74) is -0.447. The second-order valence-electron chi connectivity index (χ2n) is 2.70. The molecule has 0 spiro atoms. The molecule has 15 heavy (non-hydrogen) atoms. The zero-order chi connectivity index (χ0) is 10.7. The van der Waals surface area contributed by atoms with Crippen LogP contribution >= 0.6 is 0 Å². The summed E-state index contributed by atoms with van der Waals surface area (Å²) in [5, 5.41) is 39.5. The van der Waals surface area contributed by atoms with Gasteiger partial charge in [0.1, 0.15) is 6.10 Å². The number of aliphatic hydroxyl groups excluding tert-OH is 4. The summed E-state index contributed by atoms with van der Waals surface area (Å²) in [4.78, 5) is 10.0. The molecule has 1 aliphatic heterocycles. The Hall–Kier alpha value is -0.206. The van der Waals surface area contributed by atoms with Crippen molar-refractivity contribution in [2.45, 2.75) is 18.3 Å². The molecule has 0 fully saturated rings. The van der Waals surface area contributed by atoms with Crippen molar-refractivity contribution in [1.82, 2.24) is 0 Å². The molecule has 0 unspecified atom stereocenters. The molecule has 0 aromatic heterocycles. The van der Waals surface area contributed by atoms with Crippen molar-refractivity contribution in [3.8, 4) is 0 Å². The van der Waals surface area contributed by atoms with Crippen LogP contribution < -0.4 is 0 Å². The van der Waals surface area contributed by atoms with Gasteiger partial charge in [0.25, 0.3) is 5.95 Å². The van der Waals surface area contributed by atoms with E-state index in [0.717, 1.165) is 0 Å². The van der Waals surface area contributed by atoms with Crippen molar-refractivity contribution in [3.63, 3.8) is 0 Å². The van der Waals surface area contributed by atoms with Crippen LogP contribution in [0, 0.1) is 0 Å².